The zero-order valence-corrected chi connectivity index (χ0v) is 17.1. The van der Waals surface area contributed by atoms with Crippen LogP contribution in [0.2, 0.25) is 0 Å². The lowest BCUT2D eigenvalue weighted by atomic mass is 10.0. The highest BCUT2D eigenvalue weighted by atomic mass is 32.2. The molecule has 0 saturated carbocycles. The van der Waals surface area contributed by atoms with Gasteiger partial charge in [0.25, 0.3) is 10.0 Å². The van der Waals surface area contributed by atoms with Crippen LogP contribution in [0.3, 0.4) is 0 Å². The number of sulfonamides is 1. The first-order chi connectivity index (χ1) is 14.1. The fraction of sp³-hybridized carbons (Fsp3) is 0.350. The van der Waals surface area contributed by atoms with Gasteiger partial charge in [-0.05, 0) is 36.9 Å². The molecule has 3 rings (SSSR count). The molecule has 0 unspecified atom stereocenters. The van der Waals surface area contributed by atoms with E-state index >= 15 is 0 Å². The van der Waals surface area contributed by atoms with Gasteiger partial charge >= 0.3 is 6.18 Å². The summed E-state index contributed by atoms with van der Waals surface area (Å²) >= 11 is 0. The van der Waals surface area contributed by atoms with E-state index in [-0.39, 0.29) is 16.1 Å². The van der Waals surface area contributed by atoms with Gasteiger partial charge < -0.3 is 9.80 Å². The SMILES string of the molecule is CN1CCN(C(=O)Cc2c(NS(=O)(=O)c3ccccc3)cccc2C(F)(F)F)CC1. The molecule has 10 heteroatoms. The second kappa shape index (κ2) is 8.65. The molecule has 1 N–H and O–H groups in total. The Hall–Kier alpha value is -2.59. The minimum absolute atomic E-state index is 0.0845. The van der Waals surface area contributed by atoms with Crippen molar-refractivity contribution in [2.75, 3.05) is 37.9 Å². The van der Waals surface area contributed by atoms with E-state index in [1.165, 1.54) is 35.2 Å². The van der Waals surface area contributed by atoms with Crippen LogP contribution in [-0.2, 0) is 27.4 Å². The van der Waals surface area contributed by atoms with Crippen molar-refractivity contribution in [1.82, 2.24) is 9.80 Å². The van der Waals surface area contributed by atoms with E-state index in [0.717, 1.165) is 12.1 Å². The van der Waals surface area contributed by atoms with Gasteiger partial charge in [-0.1, -0.05) is 24.3 Å². The Labute approximate surface area is 173 Å². The first kappa shape index (κ1) is 22.1. The Bertz CT molecular complexity index is 1000. The zero-order valence-electron chi connectivity index (χ0n) is 16.3. The average Bonchev–Trinajstić information content (AvgIpc) is 2.69. The van der Waals surface area contributed by atoms with Crippen LogP contribution in [0.25, 0.3) is 0 Å². The minimum atomic E-state index is -4.73. The van der Waals surface area contributed by atoms with E-state index in [1.807, 2.05) is 11.9 Å². The molecule has 0 aromatic heterocycles. The van der Waals surface area contributed by atoms with Crippen molar-refractivity contribution in [3.8, 4) is 0 Å². The smallest absolute Gasteiger partial charge is 0.340 e. The van der Waals surface area contributed by atoms with Gasteiger partial charge in [-0.25, -0.2) is 8.42 Å². The number of anilines is 1. The monoisotopic (exact) mass is 441 g/mol. The van der Waals surface area contributed by atoms with E-state index < -0.39 is 34.1 Å². The largest absolute Gasteiger partial charge is 0.416 e. The first-order valence-corrected chi connectivity index (χ1v) is 10.8. The van der Waals surface area contributed by atoms with Crippen LogP contribution < -0.4 is 4.72 Å². The second-order valence-electron chi connectivity index (χ2n) is 7.11. The molecule has 0 radical (unpaired) electrons. The topological polar surface area (TPSA) is 69.7 Å². The molecule has 6 nitrogen and oxygen atoms in total. The first-order valence-electron chi connectivity index (χ1n) is 9.31. The van der Waals surface area contributed by atoms with Crippen LogP contribution in [0.1, 0.15) is 11.1 Å². The molecule has 2 aromatic carbocycles. The molecular weight excluding hydrogens is 419 g/mol. The van der Waals surface area contributed by atoms with Gasteiger partial charge in [-0.3, -0.25) is 9.52 Å². The molecule has 162 valence electrons. The quantitative estimate of drug-likeness (QED) is 0.775. The van der Waals surface area contributed by atoms with Crippen molar-refractivity contribution in [2.45, 2.75) is 17.5 Å². The maximum absolute atomic E-state index is 13.6. The summed E-state index contributed by atoms with van der Waals surface area (Å²) in [4.78, 5) is 16.1. The number of carbonyl (C=O) groups is 1. The fourth-order valence-corrected chi connectivity index (χ4v) is 4.37. The molecule has 0 bridgehead atoms. The number of rotatable bonds is 5. The predicted molar refractivity (Wildman–Crippen MR) is 106 cm³/mol. The Morgan fingerprint density at radius 3 is 2.23 bits per heavy atom. The molecule has 0 spiro atoms. The van der Waals surface area contributed by atoms with Crippen LogP contribution in [-0.4, -0.2) is 57.4 Å². The molecule has 1 aliphatic rings. The minimum Gasteiger partial charge on any atom is -0.340 e. The molecule has 30 heavy (non-hydrogen) atoms. The number of carbonyl (C=O) groups excluding carboxylic acids is 1. The lowest BCUT2D eigenvalue weighted by Gasteiger charge is -2.32. The summed E-state index contributed by atoms with van der Waals surface area (Å²) in [6, 6.07) is 10.5. The highest BCUT2D eigenvalue weighted by Crippen LogP contribution is 2.36. The van der Waals surface area contributed by atoms with Crippen LogP contribution in [0, 0.1) is 0 Å². The van der Waals surface area contributed by atoms with Gasteiger partial charge in [-0.15, -0.1) is 0 Å². The van der Waals surface area contributed by atoms with Gasteiger partial charge in [0.1, 0.15) is 0 Å². The van der Waals surface area contributed by atoms with Crippen molar-refractivity contribution in [1.29, 1.82) is 0 Å². The Balaban J connectivity index is 1.95. The summed E-state index contributed by atoms with van der Waals surface area (Å²) in [5.41, 5.74) is -1.66. The summed E-state index contributed by atoms with van der Waals surface area (Å²) in [7, 11) is -2.21. The average molecular weight is 441 g/mol. The van der Waals surface area contributed by atoms with Gasteiger partial charge in [0.2, 0.25) is 5.91 Å². The lowest BCUT2D eigenvalue weighted by Crippen LogP contribution is -2.47. The zero-order chi connectivity index (χ0) is 21.9. The summed E-state index contributed by atoms with van der Waals surface area (Å²) in [5, 5.41) is 0. The molecular formula is C20H22F3N3O3S. The summed E-state index contributed by atoms with van der Waals surface area (Å²) in [6.45, 7) is 2.07. The third kappa shape index (κ3) is 5.11. The van der Waals surface area contributed by atoms with Crippen LogP contribution >= 0.6 is 0 Å². The number of likely N-dealkylation sites (N-methyl/N-ethyl adjacent to an activating group) is 1. The van der Waals surface area contributed by atoms with Crippen molar-refractivity contribution < 1.29 is 26.4 Å². The van der Waals surface area contributed by atoms with E-state index in [0.29, 0.717) is 26.2 Å². The standard InChI is InChI=1S/C20H22F3N3O3S/c1-25-10-12-26(13-11-25)19(27)14-16-17(20(21,22)23)8-5-9-18(16)24-30(28,29)15-6-3-2-4-7-15/h2-9,24H,10-14H2,1H3. The van der Waals surface area contributed by atoms with Gasteiger partial charge in [-0.2, -0.15) is 13.2 Å². The molecule has 1 aliphatic heterocycles. The normalized spacial score (nSPS) is 15.8. The van der Waals surface area contributed by atoms with E-state index in [1.54, 1.807) is 6.07 Å². The number of nitrogens with one attached hydrogen (secondary N) is 1. The van der Waals surface area contributed by atoms with E-state index in [4.69, 9.17) is 0 Å². The number of piperazine rings is 1. The third-order valence-corrected chi connectivity index (χ3v) is 6.34. The maximum Gasteiger partial charge on any atom is 0.416 e. The van der Waals surface area contributed by atoms with E-state index in [2.05, 4.69) is 4.72 Å². The highest BCUT2D eigenvalue weighted by molar-refractivity contribution is 7.92. The Kier molecular flexibility index (Phi) is 6.37. The number of hydrogen-bond acceptors (Lipinski definition) is 4. The van der Waals surface area contributed by atoms with Gasteiger partial charge in [0.05, 0.1) is 22.6 Å². The van der Waals surface area contributed by atoms with E-state index in [9.17, 15) is 26.4 Å². The summed E-state index contributed by atoms with van der Waals surface area (Å²) in [5.74, 6) is -0.472. The van der Waals surface area contributed by atoms with Gasteiger partial charge in [0, 0.05) is 26.2 Å². The Morgan fingerprint density at radius 2 is 1.63 bits per heavy atom. The molecule has 1 fully saturated rings. The molecule has 1 saturated heterocycles. The summed E-state index contributed by atoms with van der Waals surface area (Å²) < 4.78 is 68.4. The highest BCUT2D eigenvalue weighted by Gasteiger charge is 2.36. The molecule has 0 aliphatic carbocycles. The summed E-state index contributed by atoms with van der Waals surface area (Å²) in [6.07, 6.45) is -5.28. The third-order valence-electron chi connectivity index (χ3n) is 4.96. The van der Waals surface area contributed by atoms with Crippen LogP contribution in [0.5, 0.6) is 0 Å². The second-order valence-corrected chi connectivity index (χ2v) is 8.79. The number of halogens is 3. The fourth-order valence-electron chi connectivity index (χ4n) is 3.26. The molecule has 1 heterocycles. The van der Waals surface area contributed by atoms with Crippen molar-refractivity contribution >= 4 is 21.6 Å². The number of amides is 1. The lowest BCUT2D eigenvalue weighted by molar-refractivity contribution is -0.138. The van der Waals surface area contributed by atoms with Crippen molar-refractivity contribution in [3.05, 3.63) is 59.7 Å². The molecule has 0 atom stereocenters. The molecule has 1 amide bonds. The number of nitrogens with zero attached hydrogens (tertiary/aromatic N) is 2. The van der Waals surface area contributed by atoms with Gasteiger partial charge in [0.15, 0.2) is 0 Å². The predicted octanol–water partition coefficient (Wildman–Crippen LogP) is 2.82. The van der Waals surface area contributed by atoms with Crippen LogP contribution in [0.4, 0.5) is 18.9 Å². The Morgan fingerprint density at radius 1 is 1.00 bits per heavy atom. The van der Waals surface area contributed by atoms with Crippen LogP contribution in [0.15, 0.2) is 53.4 Å². The number of benzene rings is 2. The van der Waals surface area contributed by atoms with Crippen molar-refractivity contribution in [2.24, 2.45) is 0 Å². The molecule has 2 aromatic rings. The van der Waals surface area contributed by atoms with Crippen molar-refractivity contribution in [3.63, 3.8) is 0 Å². The number of hydrogen-bond donors (Lipinski definition) is 1. The number of alkyl halides is 3. The maximum atomic E-state index is 13.6.